The molecule has 0 aliphatic carbocycles. The Morgan fingerprint density at radius 3 is 2.52 bits per heavy atom. The number of nitrogens with zero attached hydrogens (tertiary/aromatic N) is 5. The third kappa shape index (κ3) is 3.58. The first-order valence-corrected chi connectivity index (χ1v) is 7.09. The van der Waals surface area contributed by atoms with Crippen LogP contribution in [0.4, 0.5) is 18.9 Å². The average molecular weight is 369 g/mol. The van der Waals surface area contributed by atoms with E-state index >= 15 is 0 Å². The van der Waals surface area contributed by atoms with Gasteiger partial charge in [0.05, 0.1) is 34.9 Å². The summed E-state index contributed by atoms with van der Waals surface area (Å²) in [5, 5.41) is 13.3. The zero-order valence-electron chi connectivity index (χ0n) is 12.2. The number of halogens is 4. The maximum atomic E-state index is 13.5. The van der Waals surface area contributed by atoms with Gasteiger partial charge < -0.3 is 5.32 Å². The number of rotatable bonds is 3. The molecule has 11 heteroatoms. The molecule has 3 rings (SSSR count). The van der Waals surface area contributed by atoms with E-state index in [4.69, 9.17) is 11.6 Å². The molecule has 1 N–H and O–H groups in total. The third-order valence-electron chi connectivity index (χ3n) is 3.05. The van der Waals surface area contributed by atoms with Gasteiger partial charge in [0.2, 0.25) is 0 Å². The zero-order chi connectivity index (χ0) is 18.0. The van der Waals surface area contributed by atoms with Gasteiger partial charge in [0.1, 0.15) is 0 Å². The van der Waals surface area contributed by atoms with Crippen molar-refractivity contribution >= 4 is 23.2 Å². The topological polar surface area (TPSA) is 85.6 Å². The molecule has 1 amide bonds. The molecule has 0 saturated carbocycles. The van der Waals surface area contributed by atoms with Crippen LogP contribution in [-0.4, -0.2) is 30.9 Å². The Bertz CT molecular complexity index is 895. The van der Waals surface area contributed by atoms with E-state index in [0.717, 1.165) is 6.20 Å². The van der Waals surface area contributed by atoms with Gasteiger partial charge in [-0.3, -0.25) is 4.79 Å². The summed E-state index contributed by atoms with van der Waals surface area (Å²) in [6.45, 7) is 0. The molecule has 128 valence electrons. The van der Waals surface area contributed by atoms with Crippen molar-refractivity contribution in [3.05, 3.63) is 59.3 Å². The van der Waals surface area contributed by atoms with Crippen molar-refractivity contribution in [1.82, 2.24) is 25.0 Å². The summed E-state index contributed by atoms with van der Waals surface area (Å²) < 4.78 is 41.0. The van der Waals surface area contributed by atoms with E-state index in [1.165, 1.54) is 36.8 Å². The van der Waals surface area contributed by atoms with E-state index in [0.29, 0.717) is 4.68 Å². The van der Waals surface area contributed by atoms with Crippen molar-refractivity contribution in [3.8, 4) is 5.82 Å². The number of hydrogen-bond acceptors (Lipinski definition) is 5. The highest BCUT2D eigenvalue weighted by molar-refractivity contribution is 6.30. The number of carbonyl (C=O) groups excluding carboxylic acids is 1. The lowest BCUT2D eigenvalue weighted by atomic mass is 10.2. The number of carbonyl (C=O) groups is 1. The molecule has 7 nitrogen and oxygen atoms in total. The Morgan fingerprint density at radius 1 is 1.12 bits per heavy atom. The Kier molecular flexibility index (Phi) is 4.36. The van der Waals surface area contributed by atoms with Gasteiger partial charge in [-0.1, -0.05) is 11.6 Å². The molecule has 0 spiro atoms. The SMILES string of the molecule is O=C(Nc1ccnnc1)c1cnn(-c2ccc(Cl)cn2)c1C(F)(F)F. The summed E-state index contributed by atoms with van der Waals surface area (Å²) in [7, 11) is 0. The van der Waals surface area contributed by atoms with Gasteiger partial charge >= 0.3 is 6.18 Å². The van der Waals surface area contributed by atoms with Gasteiger partial charge in [0, 0.05) is 6.20 Å². The van der Waals surface area contributed by atoms with Gasteiger partial charge in [0.15, 0.2) is 11.5 Å². The summed E-state index contributed by atoms with van der Waals surface area (Å²) >= 11 is 5.69. The van der Waals surface area contributed by atoms with E-state index in [1.54, 1.807) is 0 Å². The largest absolute Gasteiger partial charge is 0.434 e. The highest BCUT2D eigenvalue weighted by Crippen LogP contribution is 2.33. The smallest absolute Gasteiger partial charge is 0.320 e. The monoisotopic (exact) mass is 368 g/mol. The number of nitrogens with one attached hydrogen (secondary N) is 1. The summed E-state index contributed by atoms with van der Waals surface area (Å²) in [5.74, 6) is -1.11. The van der Waals surface area contributed by atoms with Crippen molar-refractivity contribution in [2.45, 2.75) is 6.18 Å². The van der Waals surface area contributed by atoms with Crippen LogP contribution in [0.2, 0.25) is 5.02 Å². The van der Waals surface area contributed by atoms with Crippen molar-refractivity contribution in [2.24, 2.45) is 0 Å². The van der Waals surface area contributed by atoms with Gasteiger partial charge in [-0.25, -0.2) is 9.67 Å². The quantitative estimate of drug-likeness (QED) is 0.768. The number of aromatic nitrogens is 5. The fourth-order valence-electron chi connectivity index (χ4n) is 2.02. The van der Waals surface area contributed by atoms with Crippen LogP contribution in [0.1, 0.15) is 16.1 Å². The van der Waals surface area contributed by atoms with Crippen molar-refractivity contribution in [1.29, 1.82) is 0 Å². The molecule has 0 saturated heterocycles. The molecular weight excluding hydrogens is 361 g/mol. The molecule has 0 radical (unpaired) electrons. The molecule has 0 fully saturated rings. The third-order valence-corrected chi connectivity index (χ3v) is 3.28. The second kappa shape index (κ2) is 6.48. The summed E-state index contributed by atoms with van der Waals surface area (Å²) in [6.07, 6.45) is -0.331. The lowest BCUT2D eigenvalue weighted by molar-refractivity contribution is -0.143. The normalized spacial score (nSPS) is 11.4. The second-order valence-corrected chi connectivity index (χ2v) is 5.17. The van der Waals surface area contributed by atoms with Crippen LogP contribution in [0.15, 0.2) is 43.0 Å². The lowest BCUT2D eigenvalue weighted by Crippen LogP contribution is -2.21. The van der Waals surface area contributed by atoms with Crippen LogP contribution in [0.5, 0.6) is 0 Å². The van der Waals surface area contributed by atoms with E-state index in [1.807, 2.05) is 0 Å². The van der Waals surface area contributed by atoms with Gasteiger partial charge in [-0.05, 0) is 18.2 Å². The van der Waals surface area contributed by atoms with Crippen molar-refractivity contribution in [2.75, 3.05) is 5.32 Å². The predicted molar refractivity (Wildman–Crippen MR) is 81.4 cm³/mol. The van der Waals surface area contributed by atoms with Crippen LogP contribution < -0.4 is 5.32 Å². The predicted octanol–water partition coefficient (Wildman–Crippen LogP) is 2.98. The molecule has 25 heavy (non-hydrogen) atoms. The Balaban J connectivity index is 2.03. The summed E-state index contributed by atoms with van der Waals surface area (Å²) in [6, 6.07) is 4.02. The second-order valence-electron chi connectivity index (χ2n) is 4.74. The minimum atomic E-state index is -4.83. The Hall–Kier alpha value is -3.01. The van der Waals surface area contributed by atoms with Crippen molar-refractivity contribution in [3.63, 3.8) is 0 Å². The molecular formula is C14H8ClF3N6O. The summed E-state index contributed by atoms with van der Waals surface area (Å²) in [4.78, 5) is 16.0. The number of anilines is 1. The van der Waals surface area contributed by atoms with Crippen LogP contribution >= 0.6 is 11.6 Å². The van der Waals surface area contributed by atoms with E-state index in [9.17, 15) is 18.0 Å². The van der Waals surface area contributed by atoms with Crippen molar-refractivity contribution < 1.29 is 18.0 Å². The van der Waals surface area contributed by atoms with Crippen LogP contribution in [0.25, 0.3) is 5.82 Å². The number of pyridine rings is 1. The first-order valence-electron chi connectivity index (χ1n) is 6.71. The maximum Gasteiger partial charge on any atom is 0.434 e. The summed E-state index contributed by atoms with van der Waals surface area (Å²) in [5.41, 5.74) is -1.70. The number of amides is 1. The molecule has 0 aliphatic heterocycles. The minimum Gasteiger partial charge on any atom is -0.320 e. The fraction of sp³-hybridized carbons (Fsp3) is 0.0714. The highest BCUT2D eigenvalue weighted by Gasteiger charge is 2.40. The lowest BCUT2D eigenvalue weighted by Gasteiger charge is -2.12. The molecule has 3 aromatic rings. The molecule has 0 bridgehead atoms. The first-order chi connectivity index (χ1) is 11.9. The zero-order valence-corrected chi connectivity index (χ0v) is 13.0. The van der Waals surface area contributed by atoms with Crippen LogP contribution in [0, 0.1) is 0 Å². The molecule has 3 heterocycles. The standard InChI is InChI=1S/C14H8ClF3N6O/c15-8-1-2-11(19-5-8)24-12(14(16,17)18)10(7-22-24)13(25)23-9-3-4-20-21-6-9/h1-7H,(H,20,23,25). The number of hydrogen-bond donors (Lipinski definition) is 1. The van der Waals surface area contributed by atoms with Gasteiger partial charge in [-0.15, -0.1) is 0 Å². The molecule has 0 unspecified atom stereocenters. The van der Waals surface area contributed by atoms with Gasteiger partial charge in [0.25, 0.3) is 5.91 Å². The molecule has 0 aromatic carbocycles. The highest BCUT2D eigenvalue weighted by atomic mass is 35.5. The fourth-order valence-corrected chi connectivity index (χ4v) is 2.13. The molecule has 0 atom stereocenters. The first kappa shape index (κ1) is 16.8. The number of alkyl halides is 3. The maximum absolute atomic E-state index is 13.5. The Morgan fingerprint density at radius 2 is 1.92 bits per heavy atom. The van der Waals surface area contributed by atoms with E-state index in [2.05, 4.69) is 25.6 Å². The molecule has 3 aromatic heterocycles. The van der Waals surface area contributed by atoms with Gasteiger partial charge in [-0.2, -0.15) is 28.5 Å². The minimum absolute atomic E-state index is 0.124. The average Bonchev–Trinajstić information content (AvgIpc) is 3.02. The Labute approximate surface area is 143 Å². The van der Waals surface area contributed by atoms with E-state index < -0.39 is 23.3 Å². The van der Waals surface area contributed by atoms with Crippen LogP contribution in [-0.2, 0) is 6.18 Å². The van der Waals surface area contributed by atoms with Crippen LogP contribution in [0.3, 0.4) is 0 Å². The molecule has 0 aliphatic rings. The van der Waals surface area contributed by atoms with E-state index in [-0.39, 0.29) is 16.5 Å².